The molecule has 1 amide bonds. The largest absolute Gasteiger partial charge is 0.288 e. The topological polar surface area (TPSA) is 49.3 Å². The molecule has 0 aromatic heterocycles. The van der Waals surface area contributed by atoms with Crippen LogP contribution in [0.4, 0.5) is 0 Å². The summed E-state index contributed by atoms with van der Waals surface area (Å²) < 4.78 is 0. The molecule has 0 saturated heterocycles. The molecule has 0 fully saturated rings. The second kappa shape index (κ2) is 6.43. The van der Waals surface area contributed by atoms with Crippen molar-refractivity contribution in [3.63, 3.8) is 0 Å². The van der Waals surface area contributed by atoms with E-state index in [1.54, 1.807) is 5.48 Å². The lowest BCUT2D eigenvalue weighted by Gasteiger charge is -1.97. The minimum atomic E-state index is -0.463. The predicted molar refractivity (Wildman–Crippen MR) is 52.4 cm³/mol. The van der Waals surface area contributed by atoms with Gasteiger partial charge in [0, 0.05) is 6.08 Å². The Labute approximate surface area is 79.1 Å². The quantitative estimate of drug-likeness (QED) is 0.304. The minimum absolute atomic E-state index is 0.463. The highest BCUT2D eigenvalue weighted by atomic mass is 16.5. The summed E-state index contributed by atoms with van der Waals surface area (Å²) in [4.78, 5) is 10.7. The monoisotopic (exact) mass is 183 g/mol. The van der Waals surface area contributed by atoms with Gasteiger partial charge in [0.25, 0.3) is 5.91 Å². The maximum atomic E-state index is 10.7. The van der Waals surface area contributed by atoms with Gasteiger partial charge in [0.15, 0.2) is 0 Å². The van der Waals surface area contributed by atoms with E-state index in [4.69, 9.17) is 5.21 Å². The van der Waals surface area contributed by atoms with Crippen LogP contribution in [0.5, 0.6) is 0 Å². The van der Waals surface area contributed by atoms with Crippen molar-refractivity contribution in [3.05, 3.63) is 23.3 Å². The Kier molecular flexibility index (Phi) is 5.89. The van der Waals surface area contributed by atoms with E-state index in [9.17, 15) is 4.79 Å². The molecule has 0 heterocycles. The molecule has 0 aliphatic rings. The molecule has 0 radical (unpaired) electrons. The van der Waals surface area contributed by atoms with Crippen molar-refractivity contribution in [2.75, 3.05) is 0 Å². The fraction of sp³-hybridized carbons (Fsp3) is 0.500. The smallest absolute Gasteiger partial charge is 0.267 e. The molecule has 0 aromatic carbocycles. The molecule has 0 saturated carbocycles. The average molecular weight is 183 g/mol. The van der Waals surface area contributed by atoms with Crippen molar-refractivity contribution in [3.8, 4) is 0 Å². The molecular formula is C10H17NO2. The molecule has 3 heteroatoms. The summed E-state index contributed by atoms with van der Waals surface area (Å²) in [5.41, 5.74) is 3.80. The summed E-state index contributed by atoms with van der Waals surface area (Å²) >= 11 is 0. The van der Waals surface area contributed by atoms with Crippen LogP contribution < -0.4 is 5.48 Å². The molecule has 0 unspecified atom stereocenters. The molecule has 0 aromatic rings. The van der Waals surface area contributed by atoms with E-state index < -0.39 is 5.91 Å². The first kappa shape index (κ1) is 11.9. The van der Waals surface area contributed by atoms with E-state index in [0.29, 0.717) is 0 Å². The maximum absolute atomic E-state index is 10.7. The number of amides is 1. The third kappa shape index (κ3) is 7.28. The van der Waals surface area contributed by atoms with E-state index >= 15 is 0 Å². The summed E-state index contributed by atoms with van der Waals surface area (Å²) in [7, 11) is 0. The maximum Gasteiger partial charge on any atom is 0.267 e. The lowest BCUT2D eigenvalue weighted by Crippen LogP contribution is -2.15. The van der Waals surface area contributed by atoms with Crippen molar-refractivity contribution in [1.29, 1.82) is 0 Å². The molecule has 2 N–H and O–H groups in total. The molecule has 3 nitrogen and oxygen atoms in total. The van der Waals surface area contributed by atoms with Crippen LogP contribution in [0, 0.1) is 0 Å². The number of allylic oxidation sites excluding steroid dienone is 3. The van der Waals surface area contributed by atoms with Crippen molar-refractivity contribution in [2.24, 2.45) is 0 Å². The zero-order valence-electron chi connectivity index (χ0n) is 8.42. The number of carbonyl (C=O) groups is 1. The van der Waals surface area contributed by atoms with Crippen molar-refractivity contribution in [1.82, 2.24) is 5.48 Å². The van der Waals surface area contributed by atoms with Gasteiger partial charge in [0.1, 0.15) is 0 Å². The van der Waals surface area contributed by atoms with Gasteiger partial charge in [-0.1, -0.05) is 17.2 Å². The molecule has 0 spiro atoms. The highest BCUT2D eigenvalue weighted by Crippen LogP contribution is 2.05. The van der Waals surface area contributed by atoms with Crippen molar-refractivity contribution in [2.45, 2.75) is 33.6 Å². The standard InChI is InChI=1S/C10H17NO2/c1-8(2)5-4-6-9(3)7-10(12)11-13/h5,7,13H,4,6H2,1-3H3,(H,11,12). The number of rotatable bonds is 4. The molecule has 0 aliphatic carbocycles. The molecule has 0 aliphatic heterocycles. The summed E-state index contributed by atoms with van der Waals surface area (Å²) in [6, 6.07) is 0. The third-order valence-corrected chi connectivity index (χ3v) is 1.58. The summed E-state index contributed by atoms with van der Waals surface area (Å²) in [6.07, 6.45) is 5.30. The van der Waals surface area contributed by atoms with Crippen molar-refractivity contribution >= 4 is 5.91 Å². The average Bonchev–Trinajstić information content (AvgIpc) is 2.03. The zero-order chi connectivity index (χ0) is 10.3. The first-order valence-corrected chi connectivity index (χ1v) is 4.31. The number of hydrogen-bond acceptors (Lipinski definition) is 2. The molecule has 0 atom stereocenters. The van der Waals surface area contributed by atoms with Crippen LogP contribution in [0.15, 0.2) is 23.3 Å². The summed E-state index contributed by atoms with van der Waals surface area (Å²) in [5, 5.41) is 8.24. The Morgan fingerprint density at radius 1 is 1.38 bits per heavy atom. The zero-order valence-corrected chi connectivity index (χ0v) is 8.42. The van der Waals surface area contributed by atoms with Crippen LogP contribution in [0.1, 0.15) is 33.6 Å². The van der Waals surface area contributed by atoms with Gasteiger partial charge >= 0.3 is 0 Å². The van der Waals surface area contributed by atoms with Gasteiger partial charge in [-0.15, -0.1) is 0 Å². The van der Waals surface area contributed by atoms with Gasteiger partial charge in [-0.3, -0.25) is 10.0 Å². The van der Waals surface area contributed by atoms with Gasteiger partial charge in [-0.25, -0.2) is 5.48 Å². The molecular weight excluding hydrogens is 166 g/mol. The number of hydrogen-bond donors (Lipinski definition) is 2. The van der Waals surface area contributed by atoms with Crippen LogP contribution in [-0.2, 0) is 4.79 Å². The molecule has 0 rings (SSSR count). The SMILES string of the molecule is CC(C)=CCCC(C)=CC(=O)NO. The lowest BCUT2D eigenvalue weighted by molar-refractivity contribution is -0.124. The van der Waals surface area contributed by atoms with Gasteiger partial charge in [0.05, 0.1) is 0 Å². The van der Waals surface area contributed by atoms with Gasteiger partial charge in [-0.05, 0) is 33.6 Å². The number of carbonyl (C=O) groups excluding carboxylic acids is 1. The lowest BCUT2D eigenvalue weighted by atomic mass is 10.1. The second-order valence-corrected chi connectivity index (χ2v) is 3.29. The van der Waals surface area contributed by atoms with Crippen LogP contribution in [0.2, 0.25) is 0 Å². The Balaban J connectivity index is 3.87. The fourth-order valence-electron chi connectivity index (χ4n) is 0.917. The van der Waals surface area contributed by atoms with Crippen LogP contribution in [0.25, 0.3) is 0 Å². The van der Waals surface area contributed by atoms with Crippen LogP contribution >= 0.6 is 0 Å². The first-order chi connectivity index (χ1) is 6.06. The molecule has 74 valence electrons. The van der Waals surface area contributed by atoms with E-state index in [2.05, 4.69) is 6.08 Å². The van der Waals surface area contributed by atoms with E-state index in [1.165, 1.54) is 11.6 Å². The van der Waals surface area contributed by atoms with E-state index in [-0.39, 0.29) is 0 Å². The van der Waals surface area contributed by atoms with Crippen molar-refractivity contribution < 1.29 is 10.0 Å². The van der Waals surface area contributed by atoms with Gasteiger partial charge in [0.2, 0.25) is 0 Å². The van der Waals surface area contributed by atoms with E-state index in [1.807, 2.05) is 20.8 Å². The highest BCUT2D eigenvalue weighted by Gasteiger charge is 1.94. The number of nitrogens with one attached hydrogen (secondary N) is 1. The van der Waals surface area contributed by atoms with Gasteiger partial charge in [-0.2, -0.15) is 0 Å². The molecule has 0 bridgehead atoms. The van der Waals surface area contributed by atoms with E-state index in [0.717, 1.165) is 18.4 Å². The fourth-order valence-corrected chi connectivity index (χ4v) is 0.917. The normalized spacial score (nSPS) is 10.9. The Morgan fingerprint density at radius 3 is 2.46 bits per heavy atom. The second-order valence-electron chi connectivity index (χ2n) is 3.29. The third-order valence-electron chi connectivity index (χ3n) is 1.58. The van der Waals surface area contributed by atoms with Gasteiger partial charge < -0.3 is 0 Å². The first-order valence-electron chi connectivity index (χ1n) is 4.31. The summed E-state index contributed by atoms with van der Waals surface area (Å²) in [6.45, 7) is 5.95. The predicted octanol–water partition coefficient (Wildman–Crippen LogP) is 2.18. The van der Waals surface area contributed by atoms with Crippen LogP contribution in [0.3, 0.4) is 0 Å². The molecule has 13 heavy (non-hydrogen) atoms. The Hall–Kier alpha value is -1.09. The summed E-state index contributed by atoms with van der Waals surface area (Å²) in [5.74, 6) is -0.463. The number of hydroxylamine groups is 1. The Bertz CT molecular complexity index is 225. The highest BCUT2D eigenvalue weighted by molar-refractivity contribution is 5.87. The Morgan fingerprint density at radius 2 is 2.00 bits per heavy atom. The van der Waals surface area contributed by atoms with Crippen LogP contribution in [-0.4, -0.2) is 11.1 Å². The minimum Gasteiger partial charge on any atom is -0.288 e.